The highest BCUT2D eigenvalue weighted by atomic mass is 19.1. The molecule has 0 aromatic heterocycles. The molecule has 0 bridgehead atoms. The third-order valence-electron chi connectivity index (χ3n) is 4.35. The zero-order valence-electron chi connectivity index (χ0n) is 11.7. The molecule has 3 N–H and O–H groups in total. The molecule has 2 rings (SSSR count). The first-order valence-corrected chi connectivity index (χ1v) is 6.99. The van der Waals surface area contributed by atoms with Crippen LogP contribution in [0.4, 0.5) is 4.39 Å². The Kier molecular flexibility index (Phi) is 4.77. The summed E-state index contributed by atoms with van der Waals surface area (Å²) in [5.74, 6) is 6.91. The van der Waals surface area contributed by atoms with Crippen LogP contribution in [0, 0.1) is 17.7 Å². The Bertz CT molecular complexity index is 425. The molecule has 1 fully saturated rings. The maximum atomic E-state index is 13.8. The lowest BCUT2D eigenvalue weighted by atomic mass is 9.91. The molecule has 4 heteroatoms. The van der Waals surface area contributed by atoms with Crippen molar-refractivity contribution in [3.63, 3.8) is 0 Å². The van der Waals surface area contributed by atoms with Gasteiger partial charge in [-0.2, -0.15) is 0 Å². The van der Waals surface area contributed by atoms with E-state index in [-0.39, 0.29) is 17.6 Å². The van der Waals surface area contributed by atoms with Crippen LogP contribution < -0.4 is 16.0 Å². The SMILES string of the molecule is CCC1CCC(C(NN)c2ccc(OC)c(F)c2)C1. The predicted octanol–water partition coefficient (Wildman–Crippen LogP) is 3.17. The van der Waals surface area contributed by atoms with Gasteiger partial charge in [0.1, 0.15) is 0 Å². The van der Waals surface area contributed by atoms with E-state index >= 15 is 0 Å². The molecule has 3 nitrogen and oxygen atoms in total. The van der Waals surface area contributed by atoms with Gasteiger partial charge < -0.3 is 4.74 Å². The molecule has 0 saturated heterocycles. The summed E-state index contributed by atoms with van der Waals surface area (Å²) in [5, 5.41) is 0. The highest BCUT2D eigenvalue weighted by Crippen LogP contribution is 2.40. The van der Waals surface area contributed by atoms with Crippen LogP contribution in [0.3, 0.4) is 0 Å². The van der Waals surface area contributed by atoms with Crippen molar-refractivity contribution >= 4 is 0 Å². The van der Waals surface area contributed by atoms with Gasteiger partial charge in [0.2, 0.25) is 0 Å². The third kappa shape index (κ3) is 3.07. The number of nitrogens with two attached hydrogens (primary N) is 1. The van der Waals surface area contributed by atoms with Crippen LogP contribution in [0.5, 0.6) is 5.75 Å². The Balaban J connectivity index is 2.15. The lowest BCUT2D eigenvalue weighted by Gasteiger charge is -2.23. The fourth-order valence-corrected chi connectivity index (χ4v) is 3.17. The van der Waals surface area contributed by atoms with E-state index in [1.165, 1.54) is 32.4 Å². The fraction of sp³-hybridized carbons (Fsp3) is 0.600. The Labute approximate surface area is 114 Å². The van der Waals surface area contributed by atoms with E-state index in [0.717, 1.165) is 17.9 Å². The first-order valence-electron chi connectivity index (χ1n) is 6.99. The summed E-state index contributed by atoms with van der Waals surface area (Å²) >= 11 is 0. The number of ether oxygens (including phenoxy) is 1. The summed E-state index contributed by atoms with van der Waals surface area (Å²) in [7, 11) is 1.47. The Morgan fingerprint density at radius 3 is 2.79 bits per heavy atom. The second-order valence-electron chi connectivity index (χ2n) is 5.39. The zero-order valence-corrected chi connectivity index (χ0v) is 11.7. The summed E-state index contributed by atoms with van der Waals surface area (Å²) in [6, 6.07) is 5.12. The van der Waals surface area contributed by atoms with Crippen molar-refractivity contribution in [2.24, 2.45) is 17.7 Å². The molecule has 19 heavy (non-hydrogen) atoms. The monoisotopic (exact) mass is 266 g/mol. The minimum absolute atomic E-state index is 0.0250. The van der Waals surface area contributed by atoms with Gasteiger partial charge in [-0.15, -0.1) is 0 Å². The minimum atomic E-state index is -0.328. The molecule has 0 amide bonds. The lowest BCUT2D eigenvalue weighted by Crippen LogP contribution is -2.32. The van der Waals surface area contributed by atoms with E-state index in [0.29, 0.717) is 5.92 Å². The second-order valence-corrected chi connectivity index (χ2v) is 5.39. The van der Waals surface area contributed by atoms with Crippen molar-refractivity contribution in [2.45, 2.75) is 38.6 Å². The van der Waals surface area contributed by atoms with Gasteiger partial charge >= 0.3 is 0 Å². The van der Waals surface area contributed by atoms with E-state index in [1.54, 1.807) is 6.07 Å². The van der Waals surface area contributed by atoms with Crippen LogP contribution in [0.2, 0.25) is 0 Å². The first-order chi connectivity index (χ1) is 9.19. The van der Waals surface area contributed by atoms with Gasteiger partial charge in [-0.05, 0) is 42.4 Å². The molecular weight excluding hydrogens is 243 g/mol. The summed E-state index contributed by atoms with van der Waals surface area (Å²) in [6.07, 6.45) is 4.78. The first kappa shape index (κ1) is 14.3. The van der Waals surface area contributed by atoms with Crippen molar-refractivity contribution in [2.75, 3.05) is 7.11 Å². The molecule has 1 aromatic rings. The predicted molar refractivity (Wildman–Crippen MR) is 74.1 cm³/mol. The number of halogens is 1. The van der Waals surface area contributed by atoms with Gasteiger partial charge in [0.05, 0.1) is 7.11 Å². The van der Waals surface area contributed by atoms with Gasteiger partial charge in [0, 0.05) is 6.04 Å². The summed E-state index contributed by atoms with van der Waals surface area (Å²) in [6.45, 7) is 2.23. The van der Waals surface area contributed by atoms with Crippen molar-refractivity contribution in [1.82, 2.24) is 5.43 Å². The highest BCUT2D eigenvalue weighted by Gasteiger charge is 2.30. The van der Waals surface area contributed by atoms with Gasteiger partial charge in [-0.1, -0.05) is 25.8 Å². The Hall–Kier alpha value is -1.13. The average Bonchev–Trinajstić information content (AvgIpc) is 2.88. The summed E-state index contributed by atoms with van der Waals surface area (Å²) < 4.78 is 18.7. The molecule has 1 aliphatic rings. The van der Waals surface area contributed by atoms with Crippen molar-refractivity contribution in [3.8, 4) is 5.75 Å². The number of nitrogens with one attached hydrogen (secondary N) is 1. The molecule has 0 radical (unpaired) electrons. The molecule has 106 valence electrons. The molecule has 3 unspecified atom stereocenters. The molecule has 0 aliphatic heterocycles. The van der Waals surface area contributed by atoms with E-state index in [1.807, 2.05) is 6.07 Å². The molecule has 0 spiro atoms. The normalized spacial score (nSPS) is 24.4. The van der Waals surface area contributed by atoms with Crippen LogP contribution in [0.1, 0.15) is 44.2 Å². The van der Waals surface area contributed by atoms with Crippen LogP contribution in [0.15, 0.2) is 18.2 Å². The molecule has 3 atom stereocenters. The molecule has 0 heterocycles. The smallest absolute Gasteiger partial charge is 0.165 e. The molecule has 1 saturated carbocycles. The van der Waals surface area contributed by atoms with E-state index in [4.69, 9.17) is 10.6 Å². The maximum absolute atomic E-state index is 13.8. The lowest BCUT2D eigenvalue weighted by molar-refractivity contribution is 0.354. The molecule has 1 aromatic carbocycles. The van der Waals surface area contributed by atoms with Crippen LogP contribution in [-0.4, -0.2) is 7.11 Å². The third-order valence-corrected chi connectivity index (χ3v) is 4.35. The number of rotatable bonds is 5. The van der Waals surface area contributed by atoms with Gasteiger partial charge in [0.15, 0.2) is 11.6 Å². The topological polar surface area (TPSA) is 47.3 Å². The van der Waals surface area contributed by atoms with Crippen molar-refractivity contribution < 1.29 is 9.13 Å². The largest absolute Gasteiger partial charge is 0.494 e. The standard InChI is InChI=1S/C15H23FN2O/c1-3-10-4-5-11(8-10)15(18-17)12-6-7-14(19-2)13(16)9-12/h6-7,9-11,15,18H,3-5,8,17H2,1-2H3. The summed E-state index contributed by atoms with van der Waals surface area (Å²) in [4.78, 5) is 0. The van der Waals surface area contributed by atoms with Crippen LogP contribution in [0.25, 0.3) is 0 Å². The molecular formula is C15H23FN2O. The zero-order chi connectivity index (χ0) is 13.8. The van der Waals surface area contributed by atoms with Gasteiger partial charge in [-0.25, -0.2) is 4.39 Å². The Morgan fingerprint density at radius 1 is 1.47 bits per heavy atom. The van der Waals surface area contributed by atoms with Crippen LogP contribution in [-0.2, 0) is 0 Å². The van der Waals surface area contributed by atoms with E-state index in [2.05, 4.69) is 12.3 Å². The van der Waals surface area contributed by atoms with Gasteiger partial charge in [0.25, 0.3) is 0 Å². The Morgan fingerprint density at radius 2 is 2.26 bits per heavy atom. The average molecular weight is 266 g/mol. The highest BCUT2D eigenvalue weighted by molar-refractivity contribution is 5.31. The number of hydrogen-bond donors (Lipinski definition) is 2. The van der Waals surface area contributed by atoms with Crippen molar-refractivity contribution in [1.29, 1.82) is 0 Å². The van der Waals surface area contributed by atoms with E-state index in [9.17, 15) is 4.39 Å². The van der Waals surface area contributed by atoms with Crippen LogP contribution >= 0.6 is 0 Å². The number of hydrogen-bond acceptors (Lipinski definition) is 3. The van der Waals surface area contributed by atoms with Gasteiger partial charge in [-0.3, -0.25) is 11.3 Å². The maximum Gasteiger partial charge on any atom is 0.165 e. The fourth-order valence-electron chi connectivity index (χ4n) is 3.17. The van der Waals surface area contributed by atoms with E-state index < -0.39 is 0 Å². The summed E-state index contributed by atoms with van der Waals surface area (Å²) in [5.41, 5.74) is 3.77. The number of hydrazine groups is 1. The number of benzene rings is 1. The molecule has 1 aliphatic carbocycles. The number of methoxy groups -OCH3 is 1. The van der Waals surface area contributed by atoms with Crippen molar-refractivity contribution in [3.05, 3.63) is 29.6 Å². The second kappa shape index (κ2) is 6.35. The minimum Gasteiger partial charge on any atom is -0.494 e. The quantitative estimate of drug-likeness (QED) is 0.635.